The van der Waals surface area contributed by atoms with Crippen molar-refractivity contribution in [1.29, 1.82) is 0 Å². The zero-order valence-electron chi connectivity index (χ0n) is 19.0. The van der Waals surface area contributed by atoms with Gasteiger partial charge < -0.3 is 19.7 Å². The zero-order chi connectivity index (χ0) is 23.1. The van der Waals surface area contributed by atoms with Crippen LogP contribution in [0.25, 0.3) is 11.1 Å². The van der Waals surface area contributed by atoms with Crippen molar-refractivity contribution in [1.82, 2.24) is 20.2 Å². The Morgan fingerprint density at radius 2 is 1.84 bits per heavy atom. The highest BCUT2D eigenvalue weighted by molar-refractivity contribution is 7.99. The molecule has 1 aromatic carbocycles. The van der Waals surface area contributed by atoms with Gasteiger partial charge in [0.15, 0.2) is 5.16 Å². The summed E-state index contributed by atoms with van der Waals surface area (Å²) in [5.74, 6) is 1.19. The Balaban J connectivity index is 1.39. The maximum Gasteiger partial charge on any atom is 0.410 e. The predicted octanol–water partition coefficient (Wildman–Crippen LogP) is 3.62. The summed E-state index contributed by atoms with van der Waals surface area (Å²) in [7, 11) is 1.63. The number of carbonyl (C=O) groups is 2. The van der Waals surface area contributed by atoms with Crippen LogP contribution < -0.4 is 10.1 Å². The molecule has 1 unspecified atom stereocenters. The lowest BCUT2D eigenvalue weighted by molar-refractivity contribution is -0.118. The Kier molecular flexibility index (Phi) is 7.95. The van der Waals surface area contributed by atoms with Gasteiger partial charge in [-0.15, -0.1) is 0 Å². The molecule has 2 amide bonds. The SMILES string of the molecule is COc1ccc(-c2cnc(SCC(=O)NCC3CCN(C(=O)OC(C)(C)C)C3)nc2)cc1. The monoisotopic (exact) mass is 458 g/mol. The van der Waals surface area contributed by atoms with Crippen LogP contribution in [0.3, 0.4) is 0 Å². The van der Waals surface area contributed by atoms with E-state index in [4.69, 9.17) is 9.47 Å². The Morgan fingerprint density at radius 3 is 2.47 bits per heavy atom. The number of nitrogens with one attached hydrogen (secondary N) is 1. The molecule has 32 heavy (non-hydrogen) atoms. The van der Waals surface area contributed by atoms with E-state index in [2.05, 4.69) is 15.3 Å². The second kappa shape index (κ2) is 10.7. The van der Waals surface area contributed by atoms with Crippen LogP contribution in [-0.4, -0.2) is 65.0 Å². The van der Waals surface area contributed by atoms with Gasteiger partial charge in [-0.25, -0.2) is 14.8 Å². The summed E-state index contributed by atoms with van der Waals surface area (Å²) < 4.78 is 10.6. The topological polar surface area (TPSA) is 93.7 Å². The molecule has 9 heteroatoms. The van der Waals surface area contributed by atoms with Gasteiger partial charge in [-0.3, -0.25) is 4.79 Å². The summed E-state index contributed by atoms with van der Waals surface area (Å²) in [6.07, 6.45) is 4.05. The number of rotatable bonds is 7. The maximum atomic E-state index is 12.2. The van der Waals surface area contributed by atoms with Crippen LogP contribution in [0.15, 0.2) is 41.8 Å². The molecule has 8 nitrogen and oxygen atoms in total. The minimum absolute atomic E-state index is 0.0754. The van der Waals surface area contributed by atoms with E-state index >= 15 is 0 Å². The Hall–Kier alpha value is -2.81. The molecule has 0 saturated carbocycles. The van der Waals surface area contributed by atoms with Gasteiger partial charge in [0.05, 0.1) is 12.9 Å². The van der Waals surface area contributed by atoms with Gasteiger partial charge in [-0.1, -0.05) is 23.9 Å². The quantitative estimate of drug-likeness (QED) is 0.500. The number of benzene rings is 1. The van der Waals surface area contributed by atoms with E-state index in [-0.39, 0.29) is 23.7 Å². The number of hydrogen-bond donors (Lipinski definition) is 1. The first-order valence-corrected chi connectivity index (χ1v) is 11.6. The highest BCUT2D eigenvalue weighted by Crippen LogP contribution is 2.23. The molecule has 1 fully saturated rings. The van der Waals surface area contributed by atoms with Crippen LogP contribution in [0.5, 0.6) is 5.75 Å². The molecular weight excluding hydrogens is 428 g/mol. The van der Waals surface area contributed by atoms with Crippen molar-refractivity contribution in [2.75, 3.05) is 32.5 Å². The Bertz CT molecular complexity index is 913. The van der Waals surface area contributed by atoms with Gasteiger partial charge in [0.1, 0.15) is 11.4 Å². The van der Waals surface area contributed by atoms with Crippen molar-refractivity contribution in [2.45, 2.75) is 37.9 Å². The first kappa shape index (κ1) is 23.8. The molecule has 0 aliphatic carbocycles. The van der Waals surface area contributed by atoms with Gasteiger partial charge in [-0.05, 0) is 50.8 Å². The van der Waals surface area contributed by atoms with E-state index in [1.54, 1.807) is 24.4 Å². The minimum Gasteiger partial charge on any atom is -0.497 e. The fraction of sp³-hybridized carbons (Fsp3) is 0.478. The minimum atomic E-state index is -0.504. The molecule has 0 radical (unpaired) electrons. The number of ether oxygens (including phenoxy) is 2. The van der Waals surface area contributed by atoms with E-state index in [1.807, 2.05) is 45.0 Å². The number of carbonyl (C=O) groups excluding carboxylic acids is 2. The molecule has 1 aliphatic rings. The molecule has 1 atom stereocenters. The number of aromatic nitrogens is 2. The maximum absolute atomic E-state index is 12.2. The normalized spacial score (nSPS) is 16.0. The van der Waals surface area contributed by atoms with Crippen LogP contribution in [-0.2, 0) is 9.53 Å². The Morgan fingerprint density at radius 1 is 1.16 bits per heavy atom. The summed E-state index contributed by atoms with van der Waals surface area (Å²) in [6, 6.07) is 7.67. The fourth-order valence-corrected chi connectivity index (χ4v) is 3.87. The van der Waals surface area contributed by atoms with Gasteiger partial charge in [0.25, 0.3) is 0 Å². The standard InChI is InChI=1S/C23H30N4O4S/c1-23(2,3)31-22(29)27-10-9-16(14-27)11-24-20(28)15-32-21-25-12-18(13-26-21)17-5-7-19(30-4)8-6-17/h5-8,12-13,16H,9-11,14-15H2,1-4H3,(H,24,28). The number of thioether (sulfide) groups is 1. The summed E-state index contributed by atoms with van der Waals surface area (Å²) in [4.78, 5) is 34.8. The van der Waals surface area contributed by atoms with Crippen molar-refractivity contribution in [3.05, 3.63) is 36.7 Å². The zero-order valence-corrected chi connectivity index (χ0v) is 19.8. The van der Waals surface area contributed by atoms with Crippen LogP contribution >= 0.6 is 11.8 Å². The molecule has 0 bridgehead atoms. The van der Waals surface area contributed by atoms with Gasteiger partial charge in [-0.2, -0.15) is 0 Å². The lowest BCUT2D eigenvalue weighted by atomic mass is 10.1. The molecule has 0 spiro atoms. The van der Waals surface area contributed by atoms with Crippen LogP contribution in [0.4, 0.5) is 4.79 Å². The molecule has 2 heterocycles. The molecule has 1 saturated heterocycles. The van der Waals surface area contributed by atoms with Crippen LogP contribution in [0.2, 0.25) is 0 Å². The average molecular weight is 459 g/mol. The van der Waals surface area contributed by atoms with Crippen LogP contribution in [0.1, 0.15) is 27.2 Å². The first-order valence-electron chi connectivity index (χ1n) is 10.6. The van der Waals surface area contributed by atoms with E-state index in [1.165, 1.54) is 11.8 Å². The van der Waals surface area contributed by atoms with Crippen molar-refractivity contribution in [2.24, 2.45) is 5.92 Å². The van der Waals surface area contributed by atoms with Gasteiger partial charge in [0, 0.05) is 37.6 Å². The van der Waals surface area contributed by atoms with E-state index < -0.39 is 5.60 Å². The highest BCUT2D eigenvalue weighted by Gasteiger charge is 2.29. The first-order chi connectivity index (χ1) is 15.2. The highest BCUT2D eigenvalue weighted by atomic mass is 32.2. The van der Waals surface area contributed by atoms with Crippen molar-refractivity contribution >= 4 is 23.8 Å². The number of hydrogen-bond acceptors (Lipinski definition) is 7. The third kappa shape index (κ3) is 7.12. The largest absolute Gasteiger partial charge is 0.497 e. The number of amides is 2. The molecule has 2 aromatic rings. The van der Waals surface area contributed by atoms with E-state index in [9.17, 15) is 9.59 Å². The second-order valence-corrected chi connectivity index (χ2v) is 9.60. The predicted molar refractivity (Wildman–Crippen MR) is 124 cm³/mol. The third-order valence-corrected chi connectivity index (χ3v) is 5.78. The van der Waals surface area contributed by atoms with E-state index in [0.29, 0.717) is 24.8 Å². The van der Waals surface area contributed by atoms with Crippen molar-refractivity contribution < 1.29 is 19.1 Å². The third-order valence-electron chi connectivity index (χ3n) is 4.91. The fourth-order valence-electron chi connectivity index (χ4n) is 3.25. The number of nitrogens with zero attached hydrogens (tertiary/aromatic N) is 3. The number of likely N-dealkylation sites (tertiary alicyclic amines) is 1. The molecule has 1 aromatic heterocycles. The molecule has 3 rings (SSSR count). The smallest absolute Gasteiger partial charge is 0.410 e. The van der Waals surface area contributed by atoms with Crippen molar-refractivity contribution in [3.8, 4) is 16.9 Å². The lowest BCUT2D eigenvalue weighted by Crippen LogP contribution is -2.37. The molecule has 1 N–H and O–H groups in total. The summed E-state index contributed by atoms with van der Waals surface area (Å²) in [5.41, 5.74) is 1.39. The van der Waals surface area contributed by atoms with Gasteiger partial charge >= 0.3 is 6.09 Å². The lowest BCUT2D eigenvalue weighted by Gasteiger charge is -2.24. The summed E-state index contributed by atoms with van der Waals surface area (Å²) in [6.45, 7) is 7.35. The average Bonchev–Trinajstić information content (AvgIpc) is 3.25. The second-order valence-electron chi connectivity index (χ2n) is 8.66. The van der Waals surface area contributed by atoms with Crippen molar-refractivity contribution in [3.63, 3.8) is 0 Å². The summed E-state index contributed by atoms with van der Waals surface area (Å²) in [5, 5.41) is 3.50. The van der Waals surface area contributed by atoms with E-state index in [0.717, 1.165) is 23.3 Å². The number of methoxy groups -OCH3 is 1. The molecule has 172 valence electrons. The van der Waals surface area contributed by atoms with Gasteiger partial charge in [0.2, 0.25) is 5.91 Å². The Labute approximate surface area is 193 Å². The van der Waals surface area contributed by atoms with Crippen LogP contribution in [0, 0.1) is 5.92 Å². The molecule has 1 aliphatic heterocycles. The summed E-state index contributed by atoms with van der Waals surface area (Å²) >= 11 is 1.29. The molecular formula is C23H30N4O4S.